The fourth-order valence-corrected chi connectivity index (χ4v) is 5.34. The molecule has 6 rings (SSSR count). The van der Waals surface area contributed by atoms with Crippen molar-refractivity contribution in [3.63, 3.8) is 0 Å². The van der Waals surface area contributed by atoms with Crippen LogP contribution in [0.25, 0.3) is 11.7 Å². The molecule has 0 atom stereocenters. The molecule has 13 heteroatoms. The molecule has 0 radical (unpaired) electrons. The number of amides is 1. The Kier molecular flexibility index (Phi) is 7.09. The minimum Gasteiger partial charge on any atom is -0.493 e. The molecule has 3 aliphatic rings. The maximum atomic E-state index is 12.6. The van der Waals surface area contributed by atoms with Crippen LogP contribution in [0.5, 0.6) is 5.88 Å². The molecule has 2 saturated carbocycles. The zero-order valence-corrected chi connectivity index (χ0v) is 22.2. The second kappa shape index (κ2) is 10.8. The molecule has 0 aromatic carbocycles. The summed E-state index contributed by atoms with van der Waals surface area (Å²) in [7, 11) is 2.12. The molecule has 0 bridgehead atoms. The van der Waals surface area contributed by atoms with E-state index in [-0.39, 0.29) is 29.6 Å². The topological polar surface area (TPSA) is 159 Å². The number of nitrogens with one attached hydrogen (secondary N) is 4. The summed E-state index contributed by atoms with van der Waals surface area (Å²) in [5.74, 6) is 0.601. The normalized spacial score (nSPS) is 23.9. The Balaban J connectivity index is 1.13. The zero-order valence-electron chi connectivity index (χ0n) is 22.2. The van der Waals surface area contributed by atoms with Crippen LogP contribution in [-0.2, 0) is 4.79 Å². The average molecular weight is 537 g/mol. The summed E-state index contributed by atoms with van der Waals surface area (Å²) in [6.45, 7) is 4.36. The molecular weight excluding hydrogens is 500 g/mol. The molecule has 3 aromatic rings. The van der Waals surface area contributed by atoms with Crippen molar-refractivity contribution >= 4 is 23.4 Å². The molecule has 4 heterocycles. The van der Waals surface area contributed by atoms with Crippen LogP contribution in [0.2, 0.25) is 0 Å². The van der Waals surface area contributed by atoms with Gasteiger partial charge in [-0.1, -0.05) is 0 Å². The van der Waals surface area contributed by atoms with Gasteiger partial charge in [-0.25, -0.2) is 9.78 Å². The number of nitrogens with zero attached hydrogens (tertiary/aromatic N) is 6. The minimum absolute atomic E-state index is 0.119. The van der Waals surface area contributed by atoms with Gasteiger partial charge in [0.25, 0.3) is 0 Å². The Hall–Kier alpha value is -3.71. The van der Waals surface area contributed by atoms with Crippen molar-refractivity contribution in [1.29, 1.82) is 0 Å². The van der Waals surface area contributed by atoms with E-state index in [1.165, 1.54) is 0 Å². The second-order valence-corrected chi connectivity index (χ2v) is 11.0. The number of aromatic amines is 2. The molecule has 0 spiro atoms. The van der Waals surface area contributed by atoms with Crippen molar-refractivity contribution < 1.29 is 9.90 Å². The van der Waals surface area contributed by atoms with Crippen molar-refractivity contribution in [2.45, 2.75) is 56.7 Å². The van der Waals surface area contributed by atoms with Gasteiger partial charge in [0, 0.05) is 49.5 Å². The minimum atomic E-state index is -0.485. The number of hydrogen-bond acceptors (Lipinski definition) is 9. The van der Waals surface area contributed by atoms with Gasteiger partial charge in [0.1, 0.15) is 11.5 Å². The fourth-order valence-electron chi connectivity index (χ4n) is 5.34. The Morgan fingerprint density at radius 3 is 2.56 bits per heavy atom. The first-order valence-electron chi connectivity index (χ1n) is 13.8. The van der Waals surface area contributed by atoms with Crippen molar-refractivity contribution in [1.82, 2.24) is 39.7 Å². The number of carbonyl (C=O) groups excluding carboxylic acids is 1. The number of fused-ring (bicyclic) bond motifs is 1. The highest BCUT2D eigenvalue weighted by Gasteiger charge is 2.25. The molecule has 3 fully saturated rings. The van der Waals surface area contributed by atoms with Crippen LogP contribution in [0.4, 0.5) is 5.82 Å². The Labute approximate surface area is 225 Å². The Morgan fingerprint density at radius 2 is 1.87 bits per heavy atom. The third-order valence-electron chi connectivity index (χ3n) is 7.78. The molecule has 39 heavy (non-hydrogen) atoms. The monoisotopic (exact) mass is 536 g/mol. The maximum Gasteiger partial charge on any atom is 0.326 e. The van der Waals surface area contributed by atoms with E-state index in [9.17, 15) is 14.7 Å². The molecule has 1 amide bonds. The predicted molar refractivity (Wildman–Crippen MR) is 145 cm³/mol. The van der Waals surface area contributed by atoms with Gasteiger partial charge in [0.15, 0.2) is 11.1 Å². The number of hydrogen-bond donors (Lipinski definition) is 5. The van der Waals surface area contributed by atoms with E-state index in [4.69, 9.17) is 9.98 Å². The number of imidazole rings is 1. The lowest BCUT2D eigenvalue weighted by atomic mass is 9.91. The number of likely N-dealkylation sites (N-methyl/N-ethyl adjacent to an activating group) is 1. The summed E-state index contributed by atoms with van der Waals surface area (Å²) in [4.78, 5) is 43.2. The number of rotatable bonds is 7. The molecule has 2 aliphatic carbocycles. The SMILES string of the molecule is CN1CCN(CC(=O)NC2CCC(Nc3cc(=NC4CC4)n4nc/c(=C/c5[nH]c(=O)[nH]c5O)c4n3)CC2)CC1. The third kappa shape index (κ3) is 6.14. The molecule has 0 unspecified atom stereocenters. The largest absolute Gasteiger partial charge is 0.493 e. The first-order chi connectivity index (χ1) is 18.9. The molecule has 1 aliphatic heterocycles. The maximum absolute atomic E-state index is 12.6. The van der Waals surface area contributed by atoms with Crippen molar-refractivity contribution in [3.05, 3.63) is 39.1 Å². The average Bonchev–Trinajstić information content (AvgIpc) is 3.54. The number of aromatic hydroxyl groups is 1. The van der Waals surface area contributed by atoms with Gasteiger partial charge in [0.2, 0.25) is 11.8 Å². The third-order valence-corrected chi connectivity index (χ3v) is 7.78. The van der Waals surface area contributed by atoms with E-state index in [0.29, 0.717) is 29.3 Å². The van der Waals surface area contributed by atoms with Gasteiger partial charge in [-0.15, -0.1) is 0 Å². The van der Waals surface area contributed by atoms with E-state index in [1.54, 1.807) is 16.8 Å². The Morgan fingerprint density at radius 1 is 1.13 bits per heavy atom. The predicted octanol–water partition coefficient (Wildman–Crippen LogP) is -0.851. The molecule has 1 saturated heterocycles. The second-order valence-electron chi connectivity index (χ2n) is 11.0. The highest BCUT2D eigenvalue weighted by Crippen LogP contribution is 2.23. The Bertz CT molecular complexity index is 1500. The standard InChI is InChI=1S/C26H36N10O3/c1-34-8-10-35(11-9-34)15-23(37)30-19-6-2-17(3-7-19)28-21-13-22(29-18-4-5-18)36-24(32-21)16(14-27-36)12-20-25(38)33-26(39)31-20/h12-14,17-19,28,38H,2-11,15H2,1H3,(H,30,37)(H2,31,33,39)/b16-12-,29-22?. The van der Waals surface area contributed by atoms with E-state index in [0.717, 1.165) is 70.2 Å². The lowest BCUT2D eigenvalue weighted by Crippen LogP contribution is -2.50. The number of carbonyl (C=O) groups is 1. The van der Waals surface area contributed by atoms with Gasteiger partial charge >= 0.3 is 5.69 Å². The molecular formula is C26H36N10O3. The van der Waals surface area contributed by atoms with E-state index in [1.807, 2.05) is 6.07 Å². The van der Waals surface area contributed by atoms with Gasteiger partial charge in [0.05, 0.1) is 18.8 Å². The lowest BCUT2D eigenvalue weighted by Gasteiger charge is -2.33. The molecule has 5 N–H and O–H groups in total. The first-order valence-corrected chi connectivity index (χ1v) is 13.8. The van der Waals surface area contributed by atoms with E-state index < -0.39 is 5.69 Å². The van der Waals surface area contributed by atoms with Crippen LogP contribution in [0.3, 0.4) is 0 Å². The number of piperazine rings is 1. The molecule has 208 valence electrons. The highest BCUT2D eigenvalue weighted by atomic mass is 16.3. The van der Waals surface area contributed by atoms with Gasteiger partial charge in [-0.3, -0.25) is 19.7 Å². The first kappa shape index (κ1) is 25.6. The summed E-state index contributed by atoms with van der Waals surface area (Å²) in [5, 5.41) is 21.9. The fraction of sp³-hybridized carbons (Fsp3) is 0.577. The summed E-state index contributed by atoms with van der Waals surface area (Å²) in [6, 6.07) is 2.67. The van der Waals surface area contributed by atoms with Crippen LogP contribution >= 0.6 is 0 Å². The summed E-state index contributed by atoms with van der Waals surface area (Å²) >= 11 is 0. The number of anilines is 1. The smallest absolute Gasteiger partial charge is 0.326 e. The number of H-pyrrole nitrogens is 2. The van der Waals surface area contributed by atoms with Crippen molar-refractivity contribution in [2.24, 2.45) is 4.99 Å². The summed E-state index contributed by atoms with van der Waals surface area (Å²) in [5.41, 5.74) is 1.09. The van der Waals surface area contributed by atoms with Crippen LogP contribution in [0, 0.1) is 0 Å². The van der Waals surface area contributed by atoms with Crippen LogP contribution in [-0.4, -0.2) is 103 Å². The molecule has 3 aromatic heterocycles. The van der Waals surface area contributed by atoms with Crippen LogP contribution in [0.1, 0.15) is 44.2 Å². The van der Waals surface area contributed by atoms with Crippen molar-refractivity contribution in [2.75, 3.05) is 45.1 Å². The summed E-state index contributed by atoms with van der Waals surface area (Å²) in [6.07, 6.45) is 9.11. The van der Waals surface area contributed by atoms with E-state index >= 15 is 0 Å². The highest BCUT2D eigenvalue weighted by molar-refractivity contribution is 5.78. The van der Waals surface area contributed by atoms with Gasteiger partial charge in [-0.2, -0.15) is 9.61 Å². The number of aromatic nitrogens is 5. The van der Waals surface area contributed by atoms with E-state index in [2.05, 4.69) is 42.5 Å². The van der Waals surface area contributed by atoms with Gasteiger partial charge < -0.3 is 25.6 Å². The quantitative estimate of drug-likeness (QED) is 0.261. The zero-order chi connectivity index (χ0) is 26.9. The summed E-state index contributed by atoms with van der Waals surface area (Å²) < 4.78 is 1.70. The van der Waals surface area contributed by atoms with Gasteiger partial charge in [-0.05, 0) is 51.6 Å². The molecule has 13 nitrogen and oxygen atoms in total. The van der Waals surface area contributed by atoms with Crippen LogP contribution < -0.4 is 27.0 Å². The van der Waals surface area contributed by atoms with Crippen LogP contribution in [0.15, 0.2) is 22.1 Å². The van der Waals surface area contributed by atoms with Crippen molar-refractivity contribution in [3.8, 4) is 5.88 Å². The lowest BCUT2D eigenvalue weighted by molar-refractivity contribution is -0.123.